The quantitative estimate of drug-likeness (QED) is 0.604. The van der Waals surface area contributed by atoms with Crippen molar-refractivity contribution < 1.29 is 4.74 Å². The summed E-state index contributed by atoms with van der Waals surface area (Å²) in [7, 11) is 0. The third-order valence-corrected chi connectivity index (χ3v) is 1.52. The molecule has 1 saturated heterocycles. The Balaban J connectivity index is 2.02. The number of rotatable bonds is 3. The van der Waals surface area contributed by atoms with Gasteiger partial charge in [0.1, 0.15) is 0 Å². The van der Waals surface area contributed by atoms with Crippen molar-refractivity contribution in [2.45, 2.75) is 6.92 Å². The lowest BCUT2D eigenvalue weighted by Crippen LogP contribution is -2.38. The summed E-state index contributed by atoms with van der Waals surface area (Å²) in [6.45, 7) is 8.90. The lowest BCUT2D eigenvalue weighted by Gasteiger charge is -2.25. The van der Waals surface area contributed by atoms with E-state index in [4.69, 9.17) is 4.74 Å². The maximum Gasteiger partial charge on any atom is 0.0895 e. The first-order chi connectivity index (χ1) is 4.93. The van der Waals surface area contributed by atoms with Crippen LogP contribution in [0.4, 0.5) is 0 Å². The van der Waals surface area contributed by atoms with E-state index in [-0.39, 0.29) is 0 Å². The van der Waals surface area contributed by atoms with E-state index in [1.54, 1.807) is 0 Å². The van der Waals surface area contributed by atoms with E-state index in [9.17, 15) is 0 Å². The van der Waals surface area contributed by atoms with Crippen LogP contribution in [-0.2, 0) is 4.74 Å². The second-order valence-corrected chi connectivity index (χ2v) is 2.34. The van der Waals surface area contributed by atoms with Gasteiger partial charge < -0.3 is 4.74 Å². The molecule has 0 atom stereocenters. The van der Waals surface area contributed by atoms with Gasteiger partial charge in [-0.3, -0.25) is 10.2 Å². The molecule has 0 aromatic heterocycles. The molecule has 0 saturated carbocycles. The van der Waals surface area contributed by atoms with Gasteiger partial charge >= 0.3 is 0 Å². The van der Waals surface area contributed by atoms with Crippen molar-refractivity contribution in [1.82, 2.24) is 10.2 Å². The summed E-state index contributed by atoms with van der Waals surface area (Å²) >= 11 is 0. The highest BCUT2D eigenvalue weighted by molar-refractivity contribution is 4.68. The first-order valence-corrected chi connectivity index (χ1v) is 3.82. The Bertz CT molecular complexity index is 81.7. The van der Waals surface area contributed by atoms with Crippen LogP contribution < -0.4 is 5.32 Å². The molecule has 0 amide bonds. The number of hydrogen-bond donors (Lipinski definition) is 1. The lowest BCUT2D eigenvalue weighted by molar-refractivity contribution is 0.0482. The average molecular weight is 143 g/mol. The highest BCUT2D eigenvalue weighted by atomic mass is 16.5. The molecular formula is C7H15N2O. The van der Waals surface area contributed by atoms with Crippen molar-refractivity contribution in [3.8, 4) is 0 Å². The second kappa shape index (κ2) is 4.66. The van der Waals surface area contributed by atoms with Crippen LogP contribution in [0.1, 0.15) is 6.92 Å². The van der Waals surface area contributed by atoms with Crippen molar-refractivity contribution in [2.75, 3.05) is 32.8 Å². The summed E-state index contributed by atoms with van der Waals surface area (Å²) in [4.78, 5) is 2.24. The van der Waals surface area contributed by atoms with Crippen LogP contribution in [0.15, 0.2) is 0 Å². The first-order valence-electron chi connectivity index (χ1n) is 3.82. The molecule has 1 N–H and O–H groups in total. The zero-order chi connectivity index (χ0) is 7.23. The van der Waals surface area contributed by atoms with Gasteiger partial charge in [0.05, 0.1) is 19.9 Å². The predicted octanol–water partition coefficient (Wildman–Crippen LogP) is 0.0474. The van der Waals surface area contributed by atoms with Crippen LogP contribution in [0.3, 0.4) is 0 Å². The molecular weight excluding hydrogens is 128 g/mol. The van der Waals surface area contributed by atoms with Crippen molar-refractivity contribution in [2.24, 2.45) is 0 Å². The molecule has 3 heteroatoms. The van der Waals surface area contributed by atoms with Gasteiger partial charge in [-0.1, -0.05) is 6.92 Å². The molecule has 1 heterocycles. The lowest BCUT2D eigenvalue weighted by atomic mass is 10.4. The standard InChI is InChI=1S/C7H15N2O/c1-2-8-7-9-3-5-10-6-4-9/h7-8H,2-6H2,1H3. The molecule has 0 aromatic carbocycles. The second-order valence-electron chi connectivity index (χ2n) is 2.34. The van der Waals surface area contributed by atoms with E-state index in [0.717, 1.165) is 32.8 Å². The highest BCUT2D eigenvalue weighted by Gasteiger charge is 2.08. The fraction of sp³-hybridized carbons (Fsp3) is 0.857. The summed E-state index contributed by atoms with van der Waals surface area (Å²) in [5.41, 5.74) is 0. The van der Waals surface area contributed by atoms with E-state index in [2.05, 4.69) is 17.1 Å². The van der Waals surface area contributed by atoms with Crippen LogP contribution >= 0.6 is 0 Å². The zero-order valence-electron chi connectivity index (χ0n) is 6.47. The van der Waals surface area contributed by atoms with E-state index >= 15 is 0 Å². The highest BCUT2D eigenvalue weighted by Crippen LogP contribution is 1.96. The molecule has 0 unspecified atom stereocenters. The van der Waals surface area contributed by atoms with Crippen molar-refractivity contribution in [3.63, 3.8) is 0 Å². The zero-order valence-corrected chi connectivity index (χ0v) is 6.47. The first kappa shape index (κ1) is 7.98. The normalized spacial score (nSPS) is 21.3. The molecule has 0 bridgehead atoms. The summed E-state index contributed by atoms with van der Waals surface area (Å²) in [6, 6.07) is 0. The van der Waals surface area contributed by atoms with Gasteiger partial charge in [0.25, 0.3) is 0 Å². The fourth-order valence-electron chi connectivity index (χ4n) is 0.927. The largest absolute Gasteiger partial charge is 0.379 e. The molecule has 59 valence electrons. The SMILES string of the molecule is CCN[CH]N1CCOCC1. The number of ether oxygens (including phenoxy) is 1. The Labute approximate surface area is 62.3 Å². The van der Waals surface area contributed by atoms with E-state index < -0.39 is 0 Å². The summed E-state index contributed by atoms with van der Waals surface area (Å²) in [6.07, 6.45) is 0. The van der Waals surface area contributed by atoms with Crippen molar-refractivity contribution in [3.05, 3.63) is 6.67 Å². The number of nitrogens with zero attached hydrogens (tertiary/aromatic N) is 1. The van der Waals surface area contributed by atoms with Crippen molar-refractivity contribution in [1.29, 1.82) is 0 Å². The molecule has 0 aliphatic carbocycles. The predicted molar refractivity (Wildman–Crippen MR) is 40.4 cm³/mol. The minimum atomic E-state index is 0.863. The molecule has 0 aromatic rings. The smallest absolute Gasteiger partial charge is 0.0895 e. The van der Waals surface area contributed by atoms with Gasteiger partial charge in [0.15, 0.2) is 0 Å². The van der Waals surface area contributed by atoms with Crippen LogP contribution in [0, 0.1) is 6.67 Å². The van der Waals surface area contributed by atoms with Crippen molar-refractivity contribution >= 4 is 0 Å². The number of nitrogens with one attached hydrogen (secondary N) is 1. The van der Waals surface area contributed by atoms with Crippen LogP contribution in [-0.4, -0.2) is 37.7 Å². The molecule has 1 rings (SSSR count). The van der Waals surface area contributed by atoms with Crippen LogP contribution in [0.25, 0.3) is 0 Å². The number of hydrogen-bond acceptors (Lipinski definition) is 3. The minimum Gasteiger partial charge on any atom is -0.379 e. The summed E-state index contributed by atoms with van der Waals surface area (Å²) in [5.74, 6) is 0. The van der Waals surface area contributed by atoms with Crippen LogP contribution in [0.5, 0.6) is 0 Å². The average Bonchev–Trinajstić information content (AvgIpc) is 2.03. The maximum atomic E-state index is 5.19. The molecule has 10 heavy (non-hydrogen) atoms. The number of morpholine rings is 1. The molecule has 1 aliphatic heterocycles. The van der Waals surface area contributed by atoms with Gasteiger partial charge in [0, 0.05) is 13.1 Å². The molecule has 1 aliphatic rings. The van der Waals surface area contributed by atoms with Gasteiger partial charge in [0.2, 0.25) is 0 Å². The van der Waals surface area contributed by atoms with E-state index in [0.29, 0.717) is 0 Å². The molecule has 1 radical (unpaired) electrons. The Morgan fingerprint density at radius 3 is 2.80 bits per heavy atom. The van der Waals surface area contributed by atoms with Crippen LogP contribution in [0.2, 0.25) is 0 Å². The Morgan fingerprint density at radius 2 is 2.20 bits per heavy atom. The topological polar surface area (TPSA) is 24.5 Å². The fourth-order valence-corrected chi connectivity index (χ4v) is 0.927. The third-order valence-electron chi connectivity index (χ3n) is 1.52. The molecule has 0 spiro atoms. The maximum absolute atomic E-state index is 5.19. The summed E-state index contributed by atoms with van der Waals surface area (Å²) in [5, 5.41) is 3.16. The Hall–Kier alpha value is -0.120. The van der Waals surface area contributed by atoms with E-state index in [1.165, 1.54) is 0 Å². The van der Waals surface area contributed by atoms with Gasteiger partial charge in [-0.15, -0.1) is 0 Å². The molecule has 1 fully saturated rings. The monoisotopic (exact) mass is 143 g/mol. The Morgan fingerprint density at radius 1 is 1.50 bits per heavy atom. The van der Waals surface area contributed by atoms with Gasteiger partial charge in [-0.25, -0.2) is 0 Å². The Kier molecular flexibility index (Phi) is 3.72. The van der Waals surface area contributed by atoms with Gasteiger partial charge in [-0.05, 0) is 6.54 Å². The van der Waals surface area contributed by atoms with Gasteiger partial charge in [-0.2, -0.15) is 0 Å². The third kappa shape index (κ3) is 2.64. The minimum absolute atomic E-state index is 0.863. The molecule has 3 nitrogen and oxygen atoms in total. The van der Waals surface area contributed by atoms with E-state index in [1.807, 2.05) is 6.67 Å². The summed E-state index contributed by atoms with van der Waals surface area (Å²) < 4.78 is 5.19.